The molecule has 3 N–H and O–H groups in total. The first kappa shape index (κ1) is 26.8. The van der Waals surface area contributed by atoms with Crippen molar-refractivity contribution in [3.05, 3.63) is 47.3 Å². The quantitative estimate of drug-likeness (QED) is 0.371. The van der Waals surface area contributed by atoms with E-state index in [9.17, 15) is 14.7 Å². The SMILES string of the molecule is CCC1CCC(c2cc[nH]c2)C(C(CC(=O)CCc2cc(OC)c(O)cc2CNC)OC(C)=O)C1. The van der Waals surface area contributed by atoms with Crippen molar-refractivity contribution in [3.8, 4) is 11.5 Å². The Labute approximate surface area is 208 Å². The number of esters is 1. The van der Waals surface area contributed by atoms with E-state index >= 15 is 0 Å². The van der Waals surface area contributed by atoms with Gasteiger partial charge in [0.1, 0.15) is 11.9 Å². The number of aromatic hydroxyl groups is 1. The Balaban J connectivity index is 1.75. The van der Waals surface area contributed by atoms with E-state index in [4.69, 9.17) is 9.47 Å². The number of aromatic nitrogens is 1. The highest BCUT2D eigenvalue weighted by atomic mass is 16.5. The molecule has 7 heteroatoms. The molecule has 0 amide bonds. The predicted molar refractivity (Wildman–Crippen MR) is 136 cm³/mol. The maximum absolute atomic E-state index is 13.2. The van der Waals surface area contributed by atoms with Crippen LogP contribution < -0.4 is 10.1 Å². The van der Waals surface area contributed by atoms with Gasteiger partial charge in [-0.2, -0.15) is 0 Å². The zero-order valence-electron chi connectivity index (χ0n) is 21.4. The number of H-pyrrole nitrogens is 1. The zero-order chi connectivity index (χ0) is 25.4. The lowest BCUT2D eigenvalue weighted by Gasteiger charge is -2.39. The number of aromatic amines is 1. The van der Waals surface area contributed by atoms with Crippen LogP contribution in [0.2, 0.25) is 0 Å². The summed E-state index contributed by atoms with van der Waals surface area (Å²) in [5.41, 5.74) is 3.11. The Bertz CT molecular complexity index is 972. The number of nitrogens with one attached hydrogen (secondary N) is 2. The molecule has 4 unspecified atom stereocenters. The molecule has 1 aromatic heterocycles. The molecule has 0 radical (unpaired) electrons. The molecule has 0 spiro atoms. The maximum Gasteiger partial charge on any atom is 0.302 e. The first-order chi connectivity index (χ1) is 16.9. The number of methoxy groups -OCH3 is 1. The van der Waals surface area contributed by atoms with Crippen LogP contribution in [0.1, 0.15) is 75.0 Å². The Kier molecular flexibility index (Phi) is 9.78. The second kappa shape index (κ2) is 12.8. The molecule has 0 aliphatic heterocycles. The van der Waals surface area contributed by atoms with Gasteiger partial charge in [-0.1, -0.05) is 13.3 Å². The monoisotopic (exact) mass is 484 g/mol. The van der Waals surface area contributed by atoms with Crippen LogP contribution in [0.4, 0.5) is 0 Å². The normalized spacial score (nSPS) is 20.9. The van der Waals surface area contributed by atoms with Crippen molar-refractivity contribution in [2.24, 2.45) is 11.8 Å². The van der Waals surface area contributed by atoms with Crippen LogP contribution in [-0.4, -0.2) is 42.1 Å². The molecule has 0 saturated heterocycles. The Hall–Kier alpha value is -2.80. The number of rotatable bonds is 12. The van der Waals surface area contributed by atoms with Crippen LogP contribution in [0.25, 0.3) is 0 Å². The van der Waals surface area contributed by atoms with Crippen molar-refractivity contribution in [1.29, 1.82) is 0 Å². The van der Waals surface area contributed by atoms with E-state index in [0.717, 1.165) is 36.8 Å². The fourth-order valence-corrected chi connectivity index (χ4v) is 5.56. The minimum atomic E-state index is -0.430. The second-order valence-electron chi connectivity index (χ2n) is 9.72. The van der Waals surface area contributed by atoms with Crippen molar-refractivity contribution in [2.45, 2.75) is 77.4 Å². The van der Waals surface area contributed by atoms with Gasteiger partial charge in [0.15, 0.2) is 11.5 Å². The van der Waals surface area contributed by atoms with Gasteiger partial charge in [0.05, 0.1) is 7.11 Å². The lowest BCUT2D eigenvalue weighted by Crippen LogP contribution is -2.37. The molecular weight excluding hydrogens is 444 g/mol. The topological polar surface area (TPSA) is 101 Å². The van der Waals surface area contributed by atoms with Gasteiger partial charge in [-0.3, -0.25) is 9.59 Å². The summed E-state index contributed by atoms with van der Waals surface area (Å²) < 4.78 is 11.1. The van der Waals surface area contributed by atoms with Gasteiger partial charge in [-0.25, -0.2) is 0 Å². The number of carbonyl (C=O) groups is 2. The summed E-state index contributed by atoms with van der Waals surface area (Å²) in [5.74, 6) is 1.18. The van der Waals surface area contributed by atoms with Crippen molar-refractivity contribution >= 4 is 11.8 Å². The summed E-state index contributed by atoms with van der Waals surface area (Å²) in [5, 5.41) is 13.2. The van der Waals surface area contributed by atoms with Gasteiger partial charge in [0.2, 0.25) is 0 Å². The van der Waals surface area contributed by atoms with Crippen molar-refractivity contribution in [1.82, 2.24) is 10.3 Å². The van der Waals surface area contributed by atoms with Crippen LogP contribution in [0.5, 0.6) is 11.5 Å². The molecule has 1 fully saturated rings. The van der Waals surface area contributed by atoms with E-state index in [1.54, 1.807) is 12.1 Å². The first-order valence-electron chi connectivity index (χ1n) is 12.7. The number of benzene rings is 1. The Morgan fingerprint density at radius 1 is 1.26 bits per heavy atom. The van der Waals surface area contributed by atoms with Crippen LogP contribution in [0.3, 0.4) is 0 Å². The van der Waals surface area contributed by atoms with E-state index in [-0.39, 0.29) is 35.8 Å². The third-order valence-electron chi connectivity index (χ3n) is 7.40. The van der Waals surface area contributed by atoms with Gasteiger partial charge >= 0.3 is 5.97 Å². The number of phenols is 1. The van der Waals surface area contributed by atoms with Crippen LogP contribution in [0.15, 0.2) is 30.6 Å². The Morgan fingerprint density at radius 2 is 2.06 bits per heavy atom. The molecule has 1 aliphatic carbocycles. The fraction of sp³-hybridized carbons (Fsp3) is 0.571. The average molecular weight is 485 g/mol. The lowest BCUT2D eigenvalue weighted by atomic mass is 9.68. The molecule has 35 heavy (non-hydrogen) atoms. The molecule has 7 nitrogen and oxygen atoms in total. The van der Waals surface area contributed by atoms with Gasteiger partial charge in [0.25, 0.3) is 0 Å². The number of ketones is 1. The van der Waals surface area contributed by atoms with Crippen molar-refractivity contribution < 1.29 is 24.2 Å². The molecule has 4 atom stereocenters. The minimum Gasteiger partial charge on any atom is -0.504 e. The molecule has 2 aromatic rings. The van der Waals surface area contributed by atoms with Gasteiger partial charge < -0.3 is 24.9 Å². The molecule has 1 saturated carbocycles. The predicted octanol–water partition coefficient (Wildman–Crippen LogP) is 4.88. The van der Waals surface area contributed by atoms with E-state index in [1.165, 1.54) is 19.6 Å². The summed E-state index contributed by atoms with van der Waals surface area (Å²) in [4.78, 5) is 28.4. The number of aryl methyl sites for hydroxylation is 1. The minimum absolute atomic E-state index is 0.0742. The van der Waals surface area contributed by atoms with Crippen molar-refractivity contribution in [3.63, 3.8) is 0 Å². The average Bonchev–Trinajstić information content (AvgIpc) is 3.37. The van der Waals surface area contributed by atoms with Gasteiger partial charge in [0, 0.05) is 44.6 Å². The number of hydrogen-bond donors (Lipinski definition) is 3. The zero-order valence-corrected chi connectivity index (χ0v) is 21.4. The number of carbonyl (C=O) groups excluding carboxylic acids is 2. The highest BCUT2D eigenvalue weighted by Crippen LogP contribution is 2.44. The number of Topliss-reactive ketones (excluding diaryl/α,β-unsaturated/α-hetero) is 1. The van der Waals surface area contributed by atoms with E-state index in [2.05, 4.69) is 23.3 Å². The van der Waals surface area contributed by atoms with Crippen LogP contribution in [-0.2, 0) is 27.3 Å². The summed E-state index contributed by atoms with van der Waals surface area (Å²) >= 11 is 0. The third-order valence-corrected chi connectivity index (χ3v) is 7.40. The molecule has 1 aromatic carbocycles. The fourth-order valence-electron chi connectivity index (χ4n) is 5.56. The molecule has 1 heterocycles. The molecule has 1 aliphatic rings. The number of ether oxygens (including phenoxy) is 2. The Morgan fingerprint density at radius 3 is 2.69 bits per heavy atom. The van der Waals surface area contributed by atoms with E-state index in [0.29, 0.717) is 31.1 Å². The number of phenolic OH excluding ortho intramolecular Hbond substituents is 1. The highest BCUT2D eigenvalue weighted by Gasteiger charge is 2.38. The maximum atomic E-state index is 13.2. The standard InChI is InChI=1S/C28H40N2O5/c1-5-19-6-9-24(21-10-11-30-17-21)25(12-19)27(35-18(2)31)15-23(32)8-7-20-14-28(34-4)26(33)13-22(20)16-29-3/h10-11,13-14,17,19,24-25,27,29-30,33H,5-9,12,15-16H2,1-4H3. The first-order valence-corrected chi connectivity index (χ1v) is 12.7. The van der Waals surface area contributed by atoms with E-state index < -0.39 is 6.10 Å². The third kappa shape index (κ3) is 7.10. The molecule has 192 valence electrons. The largest absolute Gasteiger partial charge is 0.504 e. The van der Waals surface area contributed by atoms with Gasteiger partial charge in [-0.05, 0) is 79.5 Å². The molecule has 3 rings (SSSR count). The summed E-state index contributed by atoms with van der Waals surface area (Å²) in [6.45, 7) is 4.21. The molecule has 0 bridgehead atoms. The lowest BCUT2D eigenvalue weighted by molar-refractivity contribution is -0.152. The van der Waals surface area contributed by atoms with E-state index in [1.807, 2.05) is 19.4 Å². The van der Waals surface area contributed by atoms with Gasteiger partial charge in [-0.15, -0.1) is 0 Å². The summed E-state index contributed by atoms with van der Waals surface area (Å²) in [7, 11) is 3.36. The smallest absolute Gasteiger partial charge is 0.302 e. The summed E-state index contributed by atoms with van der Waals surface area (Å²) in [6, 6.07) is 5.58. The van der Waals surface area contributed by atoms with Crippen LogP contribution in [0, 0.1) is 11.8 Å². The molecular formula is C28H40N2O5. The second-order valence-corrected chi connectivity index (χ2v) is 9.72. The van der Waals surface area contributed by atoms with Crippen LogP contribution >= 0.6 is 0 Å². The van der Waals surface area contributed by atoms with Crippen molar-refractivity contribution in [2.75, 3.05) is 14.2 Å². The summed E-state index contributed by atoms with van der Waals surface area (Å²) in [6.07, 6.45) is 8.85. The highest BCUT2D eigenvalue weighted by molar-refractivity contribution is 5.79. The number of hydrogen-bond acceptors (Lipinski definition) is 6.